The number of ether oxygens (including phenoxy) is 4. The molecular weight excluding hydrogens is 1020 g/mol. The van der Waals surface area contributed by atoms with Crippen LogP contribution in [0.5, 0.6) is 23.0 Å². The number of carbonyl (C=O) groups excluding carboxylic acids is 2. The SMILES string of the molecule is O=C(Nc1ncc([C@@H](c2ccc(Cl)c(Cl)c2)N2CC[C@@H](O)C2)s1)C1(c2ccc3c(c2)OCO3)CC1.O=C(Nc1ncc([C@H](c2ccc(Cl)c(Cl)c2)N2CC[C@@H](O)C2)s1)C1(c2ccc3c(c2)OCO3)CC1. The van der Waals surface area contributed by atoms with Gasteiger partial charge in [0.2, 0.25) is 25.4 Å². The van der Waals surface area contributed by atoms with Gasteiger partial charge in [0.25, 0.3) is 0 Å². The van der Waals surface area contributed by atoms with Gasteiger partial charge in [0.1, 0.15) is 0 Å². The van der Waals surface area contributed by atoms with Crippen molar-refractivity contribution < 1.29 is 38.7 Å². The Morgan fingerprint density at radius 2 is 1.00 bits per heavy atom. The van der Waals surface area contributed by atoms with Crippen molar-refractivity contribution >= 4 is 91.2 Å². The molecule has 0 unspecified atom stereocenters. The fourth-order valence-electron chi connectivity index (χ4n) is 9.79. The van der Waals surface area contributed by atoms with Gasteiger partial charge in [-0.1, -0.05) is 93.3 Å². The highest BCUT2D eigenvalue weighted by molar-refractivity contribution is 7.16. The highest BCUT2D eigenvalue weighted by Crippen LogP contribution is 2.53. The summed E-state index contributed by atoms with van der Waals surface area (Å²) in [6.07, 6.45) is 7.34. The number of fused-ring (bicyclic) bond motifs is 2. The number of hydrogen-bond donors (Lipinski definition) is 4. The van der Waals surface area contributed by atoms with Crippen LogP contribution in [0.15, 0.2) is 85.2 Å². The van der Waals surface area contributed by atoms with E-state index in [9.17, 15) is 19.8 Å². The van der Waals surface area contributed by atoms with Gasteiger partial charge in [-0.15, -0.1) is 0 Å². The van der Waals surface area contributed by atoms with Gasteiger partial charge in [-0.25, -0.2) is 9.97 Å². The van der Waals surface area contributed by atoms with Crippen LogP contribution in [-0.4, -0.2) is 93.8 Å². The number of β-amino-alcohol motifs (C(OH)–C–C–N with tert-alkyl or cyclic N) is 2. The summed E-state index contributed by atoms with van der Waals surface area (Å²) < 4.78 is 21.8. The summed E-state index contributed by atoms with van der Waals surface area (Å²) in [5, 5.41) is 29.4. The van der Waals surface area contributed by atoms with Gasteiger partial charge in [0.15, 0.2) is 33.3 Å². The van der Waals surface area contributed by atoms with Crippen LogP contribution in [0, 0.1) is 0 Å². The highest BCUT2D eigenvalue weighted by atomic mass is 35.5. The molecule has 2 saturated heterocycles. The Hall–Kier alpha value is -4.72. The average molecular weight is 1060 g/mol. The van der Waals surface area contributed by atoms with Gasteiger partial charge in [0.05, 0.1) is 55.2 Å². The molecule has 6 heterocycles. The predicted molar refractivity (Wildman–Crippen MR) is 269 cm³/mol. The average Bonchev–Trinajstić information content (AvgIpc) is 3.71. The molecule has 6 aliphatic rings. The lowest BCUT2D eigenvalue weighted by atomic mass is 9.94. The number of carbonyl (C=O) groups is 2. The van der Waals surface area contributed by atoms with E-state index < -0.39 is 10.8 Å². The smallest absolute Gasteiger partial charge is 0.236 e. The second-order valence-corrected chi connectivity index (χ2v) is 22.1. The van der Waals surface area contributed by atoms with Crippen LogP contribution >= 0.6 is 69.1 Å². The van der Waals surface area contributed by atoms with Crippen molar-refractivity contribution in [3.05, 3.63) is 137 Å². The third-order valence-electron chi connectivity index (χ3n) is 13.9. The third kappa shape index (κ3) is 9.44. The number of aliphatic hydroxyl groups is 2. The number of benzene rings is 4. The van der Waals surface area contributed by atoms with Crippen molar-refractivity contribution in [2.75, 3.05) is 50.4 Å². The molecule has 0 radical (unpaired) electrons. The highest BCUT2D eigenvalue weighted by Gasteiger charge is 2.53. The Labute approximate surface area is 431 Å². The van der Waals surface area contributed by atoms with Gasteiger partial charge in [-0.3, -0.25) is 19.4 Å². The predicted octanol–water partition coefficient (Wildman–Crippen LogP) is 10.0. The van der Waals surface area contributed by atoms with Crippen LogP contribution in [0.25, 0.3) is 0 Å². The minimum absolute atomic E-state index is 0.0695. The van der Waals surface area contributed by atoms with Gasteiger partial charge < -0.3 is 39.8 Å². The van der Waals surface area contributed by atoms with Gasteiger partial charge in [-0.05, 0) is 109 Å². The molecule has 70 heavy (non-hydrogen) atoms. The van der Waals surface area contributed by atoms with E-state index in [4.69, 9.17) is 65.4 Å². The van der Waals surface area contributed by atoms with E-state index in [1.165, 1.54) is 22.7 Å². The van der Waals surface area contributed by atoms with Crippen molar-refractivity contribution in [1.29, 1.82) is 0 Å². The maximum absolute atomic E-state index is 13.3. The number of hydrogen-bond acceptors (Lipinski definition) is 14. The molecule has 4 fully saturated rings. The monoisotopic (exact) mass is 1060 g/mol. The lowest BCUT2D eigenvalue weighted by molar-refractivity contribution is -0.119. The molecular formula is C50H46Cl4N6O8S2. The molecule has 4 atom stereocenters. The summed E-state index contributed by atoms with van der Waals surface area (Å²) in [4.78, 5) is 42.0. The molecule has 14 nitrogen and oxygen atoms in total. The van der Waals surface area contributed by atoms with Crippen LogP contribution < -0.4 is 29.6 Å². The number of nitrogens with zero attached hydrogens (tertiary/aromatic N) is 4. The van der Waals surface area contributed by atoms with E-state index in [-0.39, 0.29) is 49.7 Å². The van der Waals surface area contributed by atoms with Crippen LogP contribution in [0.2, 0.25) is 20.1 Å². The Morgan fingerprint density at radius 3 is 1.37 bits per heavy atom. The van der Waals surface area contributed by atoms with E-state index >= 15 is 0 Å². The molecule has 4 aliphatic heterocycles. The quantitative estimate of drug-likeness (QED) is 0.0918. The Morgan fingerprint density at radius 1 is 0.586 bits per heavy atom. The van der Waals surface area contributed by atoms with Crippen LogP contribution in [0.1, 0.15) is 82.6 Å². The van der Waals surface area contributed by atoms with Crippen molar-refractivity contribution in [3.8, 4) is 23.0 Å². The van der Waals surface area contributed by atoms with Crippen LogP contribution in [0.4, 0.5) is 10.3 Å². The summed E-state index contributed by atoms with van der Waals surface area (Å²) in [7, 11) is 0. The number of anilines is 2. The zero-order chi connectivity index (χ0) is 48.3. The second-order valence-electron chi connectivity index (χ2n) is 18.4. The van der Waals surface area contributed by atoms with E-state index in [0.29, 0.717) is 79.3 Å². The van der Waals surface area contributed by atoms with E-state index in [1.54, 1.807) is 24.5 Å². The first-order valence-electron chi connectivity index (χ1n) is 22.9. The van der Waals surface area contributed by atoms with Crippen LogP contribution in [0.3, 0.4) is 0 Å². The molecule has 364 valence electrons. The third-order valence-corrected chi connectivity index (χ3v) is 17.3. The molecule has 12 rings (SSSR count). The summed E-state index contributed by atoms with van der Waals surface area (Å²) in [6, 6.07) is 22.3. The summed E-state index contributed by atoms with van der Waals surface area (Å²) in [5.41, 5.74) is 2.64. The fourth-order valence-corrected chi connectivity index (χ4v) is 12.3. The molecule has 4 aromatic carbocycles. The van der Waals surface area contributed by atoms with Crippen molar-refractivity contribution in [2.45, 2.75) is 73.6 Å². The normalized spacial score (nSPS) is 21.2. The number of nitrogens with one attached hydrogen (secondary N) is 2. The molecule has 20 heteroatoms. The second kappa shape index (κ2) is 19.4. The van der Waals surface area contributed by atoms with Crippen LogP contribution in [-0.2, 0) is 20.4 Å². The molecule has 0 bridgehead atoms. The fraction of sp³-hybridized carbons (Fsp3) is 0.360. The number of thiazole rings is 2. The largest absolute Gasteiger partial charge is 0.454 e. The summed E-state index contributed by atoms with van der Waals surface area (Å²) in [5.74, 6) is 2.62. The maximum atomic E-state index is 13.3. The minimum Gasteiger partial charge on any atom is -0.454 e. The molecule has 2 aliphatic carbocycles. The van der Waals surface area contributed by atoms with E-state index in [2.05, 4.69) is 30.4 Å². The zero-order valence-electron chi connectivity index (χ0n) is 37.3. The Bertz CT molecular complexity index is 2790. The summed E-state index contributed by atoms with van der Waals surface area (Å²) in [6.45, 7) is 3.01. The number of aliphatic hydroxyl groups excluding tert-OH is 2. The topological polar surface area (TPSA) is 168 Å². The number of likely N-dealkylation sites (tertiary alicyclic amines) is 2. The molecule has 4 N–H and O–H groups in total. The number of halogens is 4. The van der Waals surface area contributed by atoms with Gasteiger partial charge >= 0.3 is 0 Å². The molecule has 2 aromatic heterocycles. The Balaban J connectivity index is 0.000000152. The number of aromatic nitrogens is 2. The zero-order valence-corrected chi connectivity index (χ0v) is 42.0. The number of amides is 2. The van der Waals surface area contributed by atoms with Gasteiger partial charge in [0, 0.05) is 48.3 Å². The molecule has 6 aromatic rings. The van der Waals surface area contributed by atoms with Crippen molar-refractivity contribution in [1.82, 2.24) is 19.8 Å². The lowest BCUT2D eigenvalue weighted by Crippen LogP contribution is -2.28. The molecule has 2 amide bonds. The number of rotatable bonds is 12. The lowest BCUT2D eigenvalue weighted by Gasteiger charge is -2.27. The van der Waals surface area contributed by atoms with Gasteiger partial charge in [-0.2, -0.15) is 0 Å². The van der Waals surface area contributed by atoms with Crippen molar-refractivity contribution in [2.24, 2.45) is 0 Å². The maximum Gasteiger partial charge on any atom is 0.236 e. The van der Waals surface area contributed by atoms with Crippen molar-refractivity contribution in [3.63, 3.8) is 0 Å². The standard InChI is InChI=1S/2C25H23Cl2N3O4S/c2*26-17-3-1-14(9-18(17)27)22(30-8-5-16(31)12-30)21-11-28-24(35-21)29-23(32)25(6-7-25)15-2-4-19-20(10-15)34-13-33-19/h2*1-4,9-11,16,22,31H,5-8,12-13H2,(H,28,29,32)/t16-,22+;16-,22-/m11/s1. The first-order chi connectivity index (χ1) is 33.9. The Kier molecular flexibility index (Phi) is 13.2. The van der Waals surface area contributed by atoms with E-state index in [1.807, 2.05) is 60.7 Å². The first kappa shape index (κ1) is 47.6. The van der Waals surface area contributed by atoms with E-state index in [0.717, 1.165) is 70.8 Å². The summed E-state index contributed by atoms with van der Waals surface area (Å²) >= 11 is 27.8. The first-order valence-corrected chi connectivity index (χ1v) is 26.1. The molecule has 0 spiro atoms. The minimum atomic E-state index is -0.574. The molecule has 2 saturated carbocycles.